The predicted molar refractivity (Wildman–Crippen MR) is 62.2 cm³/mol. The van der Waals surface area contributed by atoms with Crippen molar-refractivity contribution < 1.29 is 9.53 Å². The van der Waals surface area contributed by atoms with E-state index in [2.05, 4.69) is 10.9 Å². The first-order chi connectivity index (χ1) is 7.76. The molecule has 0 bridgehead atoms. The van der Waals surface area contributed by atoms with E-state index >= 15 is 0 Å². The Morgan fingerprint density at radius 1 is 1.56 bits per heavy atom. The van der Waals surface area contributed by atoms with Crippen molar-refractivity contribution in [3.63, 3.8) is 0 Å². The molecule has 0 unspecified atom stereocenters. The van der Waals surface area contributed by atoms with Crippen molar-refractivity contribution >= 4 is 5.78 Å². The van der Waals surface area contributed by atoms with Gasteiger partial charge in [0.25, 0.3) is 0 Å². The van der Waals surface area contributed by atoms with Crippen LogP contribution in [0.25, 0.3) is 0 Å². The van der Waals surface area contributed by atoms with E-state index in [0.29, 0.717) is 25.1 Å². The zero-order valence-corrected chi connectivity index (χ0v) is 9.40. The van der Waals surface area contributed by atoms with Gasteiger partial charge in [0, 0.05) is 31.5 Å². The second-order valence-corrected chi connectivity index (χ2v) is 3.48. The Morgan fingerprint density at radius 2 is 2.38 bits per heavy atom. The molecular weight excluding hydrogens is 202 g/mol. The number of Topliss-reactive ketones (excluding diaryl/α,β-unsaturated/α-hetero) is 1. The van der Waals surface area contributed by atoms with Crippen LogP contribution in [-0.2, 0) is 11.2 Å². The van der Waals surface area contributed by atoms with Crippen LogP contribution in [0.2, 0.25) is 0 Å². The van der Waals surface area contributed by atoms with Gasteiger partial charge in [0.1, 0.15) is 5.78 Å². The molecule has 0 radical (unpaired) electrons. The fourth-order valence-corrected chi connectivity index (χ4v) is 1.34. The molecular formula is C13H15NO2. The molecule has 3 nitrogen and oxygen atoms in total. The Hall–Kier alpha value is -1.82. The Bertz CT molecular complexity index is 376. The zero-order valence-electron chi connectivity index (χ0n) is 9.40. The molecule has 0 saturated heterocycles. The third-order valence-electron chi connectivity index (χ3n) is 2.18. The van der Waals surface area contributed by atoms with E-state index in [1.54, 1.807) is 19.4 Å². The molecule has 1 aromatic rings. The molecule has 16 heavy (non-hydrogen) atoms. The van der Waals surface area contributed by atoms with Gasteiger partial charge in [-0.15, -0.1) is 12.3 Å². The van der Waals surface area contributed by atoms with Crippen molar-refractivity contribution in [3.8, 4) is 18.2 Å². The van der Waals surface area contributed by atoms with Crippen LogP contribution in [0, 0.1) is 12.3 Å². The SMILES string of the molecule is C#CCCCC(=O)Cc1ccc(OC)nc1. The molecule has 0 aliphatic rings. The fraction of sp³-hybridized carbons (Fsp3) is 0.385. The normalized spacial score (nSPS) is 9.50. The summed E-state index contributed by atoms with van der Waals surface area (Å²) < 4.78 is 4.94. The van der Waals surface area contributed by atoms with Crippen LogP contribution >= 0.6 is 0 Å². The predicted octanol–water partition coefficient (Wildman–Crippen LogP) is 2.01. The number of rotatable bonds is 6. The van der Waals surface area contributed by atoms with Crippen molar-refractivity contribution in [2.24, 2.45) is 0 Å². The third-order valence-corrected chi connectivity index (χ3v) is 2.18. The van der Waals surface area contributed by atoms with Gasteiger partial charge in [0.05, 0.1) is 7.11 Å². The van der Waals surface area contributed by atoms with E-state index in [1.165, 1.54) is 0 Å². The van der Waals surface area contributed by atoms with Gasteiger partial charge in [-0.05, 0) is 12.0 Å². The molecule has 0 saturated carbocycles. The number of hydrogen-bond acceptors (Lipinski definition) is 3. The average Bonchev–Trinajstić information content (AvgIpc) is 2.30. The highest BCUT2D eigenvalue weighted by Crippen LogP contribution is 2.08. The highest BCUT2D eigenvalue weighted by Gasteiger charge is 2.03. The number of pyridine rings is 1. The van der Waals surface area contributed by atoms with Gasteiger partial charge in [-0.3, -0.25) is 4.79 Å². The largest absolute Gasteiger partial charge is 0.481 e. The second kappa shape index (κ2) is 6.62. The van der Waals surface area contributed by atoms with Gasteiger partial charge in [-0.2, -0.15) is 0 Å². The number of ketones is 1. The molecule has 0 atom stereocenters. The van der Waals surface area contributed by atoms with Crippen LogP contribution in [0.4, 0.5) is 0 Å². The van der Waals surface area contributed by atoms with E-state index in [4.69, 9.17) is 11.2 Å². The number of unbranched alkanes of at least 4 members (excludes halogenated alkanes) is 1. The number of ether oxygens (including phenoxy) is 1. The minimum atomic E-state index is 0.196. The van der Waals surface area contributed by atoms with E-state index in [1.807, 2.05) is 6.07 Å². The summed E-state index contributed by atoms with van der Waals surface area (Å²) in [6, 6.07) is 3.61. The second-order valence-electron chi connectivity index (χ2n) is 3.48. The summed E-state index contributed by atoms with van der Waals surface area (Å²) in [6.07, 6.45) is 9.16. The zero-order chi connectivity index (χ0) is 11.8. The number of aromatic nitrogens is 1. The lowest BCUT2D eigenvalue weighted by Gasteiger charge is -2.01. The number of carbonyl (C=O) groups is 1. The first kappa shape index (κ1) is 12.3. The molecule has 0 aliphatic heterocycles. The van der Waals surface area contributed by atoms with Gasteiger partial charge < -0.3 is 4.74 Å². The summed E-state index contributed by atoms with van der Waals surface area (Å²) in [6.45, 7) is 0. The van der Waals surface area contributed by atoms with Gasteiger partial charge >= 0.3 is 0 Å². The number of carbonyl (C=O) groups excluding carboxylic acids is 1. The van der Waals surface area contributed by atoms with Crippen molar-refractivity contribution in [2.45, 2.75) is 25.7 Å². The van der Waals surface area contributed by atoms with Crippen LogP contribution in [0.5, 0.6) is 5.88 Å². The van der Waals surface area contributed by atoms with E-state index < -0.39 is 0 Å². The minimum absolute atomic E-state index is 0.196. The van der Waals surface area contributed by atoms with Crippen LogP contribution in [0.15, 0.2) is 18.3 Å². The van der Waals surface area contributed by atoms with Gasteiger partial charge in [-0.25, -0.2) is 4.98 Å². The Kier molecular flexibility index (Phi) is 5.07. The summed E-state index contributed by atoms with van der Waals surface area (Å²) in [7, 11) is 1.56. The van der Waals surface area contributed by atoms with Crippen LogP contribution in [-0.4, -0.2) is 17.9 Å². The summed E-state index contributed by atoms with van der Waals surface area (Å²) in [5.41, 5.74) is 0.909. The number of terminal acetylenes is 1. The van der Waals surface area contributed by atoms with Crippen molar-refractivity contribution in [1.82, 2.24) is 4.98 Å². The lowest BCUT2D eigenvalue weighted by atomic mass is 10.1. The molecule has 84 valence electrons. The maximum Gasteiger partial charge on any atom is 0.212 e. The number of hydrogen-bond donors (Lipinski definition) is 0. The van der Waals surface area contributed by atoms with Crippen molar-refractivity contribution in [2.75, 3.05) is 7.11 Å². The molecule has 0 N–H and O–H groups in total. The Labute approximate surface area is 95.8 Å². The molecule has 3 heteroatoms. The molecule has 0 aliphatic carbocycles. The van der Waals surface area contributed by atoms with Crippen LogP contribution in [0.1, 0.15) is 24.8 Å². The van der Waals surface area contributed by atoms with Gasteiger partial charge in [-0.1, -0.05) is 6.07 Å². The lowest BCUT2D eigenvalue weighted by molar-refractivity contribution is -0.118. The molecule has 0 amide bonds. The van der Waals surface area contributed by atoms with Gasteiger partial charge in [0.15, 0.2) is 0 Å². The molecule has 0 spiro atoms. The quantitative estimate of drug-likeness (QED) is 0.540. The van der Waals surface area contributed by atoms with E-state index in [-0.39, 0.29) is 5.78 Å². The maximum absolute atomic E-state index is 11.5. The highest BCUT2D eigenvalue weighted by molar-refractivity contribution is 5.80. The van der Waals surface area contributed by atoms with Crippen LogP contribution < -0.4 is 4.74 Å². The van der Waals surface area contributed by atoms with E-state index in [0.717, 1.165) is 12.0 Å². The summed E-state index contributed by atoms with van der Waals surface area (Å²) in [4.78, 5) is 15.6. The summed E-state index contributed by atoms with van der Waals surface area (Å²) >= 11 is 0. The molecule has 1 heterocycles. The molecule has 1 rings (SSSR count). The molecule has 0 aromatic carbocycles. The number of methoxy groups -OCH3 is 1. The van der Waals surface area contributed by atoms with Crippen molar-refractivity contribution in [1.29, 1.82) is 0 Å². The third kappa shape index (κ3) is 4.14. The average molecular weight is 217 g/mol. The first-order valence-corrected chi connectivity index (χ1v) is 5.20. The summed E-state index contributed by atoms with van der Waals surface area (Å²) in [5.74, 6) is 3.28. The molecule has 0 fully saturated rings. The smallest absolute Gasteiger partial charge is 0.212 e. The molecule has 1 aromatic heterocycles. The Morgan fingerprint density at radius 3 is 2.94 bits per heavy atom. The lowest BCUT2D eigenvalue weighted by Crippen LogP contribution is -2.02. The van der Waals surface area contributed by atoms with Crippen molar-refractivity contribution in [3.05, 3.63) is 23.9 Å². The minimum Gasteiger partial charge on any atom is -0.481 e. The first-order valence-electron chi connectivity index (χ1n) is 5.20. The Balaban J connectivity index is 2.41. The topological polar surface area (TPSA) is 39.2 Å². The fourth-order valence-electron chi connectivity index (χ4n) is 1.34. The summed E-state index contributed by atoms with van der Waals surface area (Å²) in [5, 5.41) is 0. The monoisotopic (exact) mass is 217 g/mol. The van der Waals surface area contributed by atoms with Gasteiger partial charge in [0.2, 0.25) is 5.88 Å². The van der Waals surface area contributed by atoms with E-state index in [9.17, 15) is 4.79 Å². The maximum atomic E-state index is 11.5. The van der Waals surface area contributed by atoms with Crippen LogP contribution in [0.3, 0.4) is 0 Å². The standard InChI is InChI=1S/C13H15NO2/c1-3-4-5-6-12(15)9-11-7-8-13(16-2)14-10-11/h1,7-8,10H,4-6,9H2,2H3. The number of nitrogens with zero attached hydrogens (tertiary/aromatic N) is 1. The highest BCUT2D eigenvalue weighted by atomic mass is 16.5.